The van der Waals surface area contributed by atoms with Crippen LogP contribution in [0.3, 0.4) is 0 Å². The number of piperidine rings is 1. The van der Waals surface area contributed by atoms with Crippen molar-refractivity contribution in [3.63, 3.8) is 0 Å². The van der Waals surface area contributed by atoms with E-state index in [0.29, 0.717) is 18.4 Å². The van der Waals surface area contributed by atoms with E-state index >= 15 is 0 Å². The fraction of sp³-hybridized carbons (Fsp3) is 0.562. The first-order chi connectivity index (χ1) is 11.6. The average Bonchev–Trinajstić information content (AvgIpc) is 2.79. The van der Waals surface area contributed by atoms with Crippen molar-refractivity contribution in [2.75, 3.05) is 6.26 Å². The molecule has 0 radical (unpaired) electrons. The average molecular weight is 386 g/mol. The van der Waals surface area contributed by atoms with E-state index in [2.05, 4.69) is 4.72 Å². The van der Waals surface area contributed by atoms with Crippen LogP contribution < -0.4 is 4.72 Å². The first-order valence-corrected chi connectivity index (χ1v) is 11.5. The zero-order chi connectivity index (χ0) is 18.4. The maximum Gasteiger partial charge on any atom is 0.240 e. The summed E-state index contributed by atoms with van der Waals surface area (Å²) in [4.78, 5) is 11.4. The van der Waals surface area contributed by atoms with Gasteiger partial charge in [0.15, 0.2) is 5.78 Å². The highest BCUT2D eigenvalue weighted by atomic mass is 32.2. The Morgan fingerprint density at radius 3 is 2.00 bits per heavy atom. The molecule has 0 saturated carbocycles. The van der Waals surface area contributed by atoms with Gasteiger partial charge in [0.05, 0.1) is 11.2 Å². The van der Waals surface area contributed by atoms with E-state index in [1.165, 1.54) is 37.4 Å². The van der Waals surface area contributed by atoms with Crippen LogP contribution in [0, 0.1) is 0 Å². The molecule has 0 aromatic heterocycles. The van der Waals surface area contributed by atoms with Crippen LogP contribution in [0.2, 0.25) is 0 Å². The highest BCUT2D eigenvalue weighted by Gasteiger charge is 2.45. The van der Waals surface area contributed by atoms with Gasteiger partial charge in [0.2, 0.25) is 20.0 Å². The summed E-state index contributed by atoms with van der Waals surface area (Å²) in [7, 11) is -6.97. The minimum atomic E-state index is -3.70. The van der Waals surface area contributed by atoms with Crippen LogP contribution >= 0.6 is 0 Å². The molecule has 25 heavy (non-hydrogen) atoms. The Balaban J connectivity index is 1.74. The summed E-state index contributed by atoms with van der Waals surface area (Å²) in [5.74, 6) is -0.123. The molecule has 0 spiro atoms. The van der Waals surface area contributed by atoms with Gasteiger partial charge in [-0.05, 0) is 44.7 Å². The molecule has 3 rings (SSSR count). The van der Waals surface area contributed by atoms with Gasteiger partial charge < -0.3 is 0 Å². The van der Waals surface area contributed by atoms with Crippen molar-refractivity contribution in [2.24, 2.45) is 0 Å². The summed E-state index contributed by atoms with van der Waals surface area (Å²) in [5, 5.41) is 0. The molecule has 9 heteroatoms. The van der Waals surface area contributed by atoms with Gasteiger partial charge in [0.1, 0.15) is 0 Å². The Morgan fingerprint density at radius 2 is 1.56 bits per heavy atom. The lowest BCUT2D eigenvalue weighted by Gasteiger charge is -2.37. The lowest BCUT2D eigenvalue weighted by Crippen LogP contribution is -2.51. The van der Waals surface area contributed by atoms with E-state index in [0.717, 1.165) is 12.8 Å². The van der Waals surface area contributed by atoms with Gasteiger partial charge in [-0.3, -0.25) is 4.79 Å². The van der Waals surface area contributed by atoms with Gasteiger partial charge in [-0.2, -0.15) is 4.31 Å². The van der Waals surface area contributed by atoms with E-state index in [1.54, 1.807) is 4.31 Å². The van der Waals surface area contributed by atoms with Gasteiger partial charge in [0, 0.05) is 23.7 Å². The Labute approximate surface area is 148 Å². The van der Waals surface area contributed by atoms with E-state index in [1.807, 2.05) is 0 Å². The van der Waals surface area contributed by atoms with E-state index in [9.17, 15) is 21.6 Å². The van der Waals surface area contributed by atoms with Gasteiger partial charge in [-0.15, -0.1) is 0 Å². The highest BCUT2D eigenvalue weighted by Crippen LogP contribution is 2.37. The van der Waals surface area contributed by atoms with Crippen molar-refractivity contribution in [1.29, 1.82) is 0 Å². The highest BCUT2D eigenvalue weighted by molar-refractivity contribution is 7.89. The molecule has 7 nitrogen and oxygen atoms in total. The summed E-state index contributed by atoms with van der Waals surface area (Å²) in [6.07, 6.45) is 3.70. The number of nitrogens with one attached hydrogen (secondary N) is 1. The number of hydrogen-bond donors (Lipinski definition) is 1. The number of rotatable bonds is 5. The van der Waals surface area contributed by atoms with Crippen molar-refractivity contribution >= 4 is 25.8 Å². The second-order valence-electron chi connectivity index (χ2n) is 6.85. The first-order valence-electron chi connectivity index (χ1n) is 8.20. The summed E-state index contributed by atoms with van der Waals surface area (Å²) in [6.45, 7) is 1.42. The number of fused-ring (bicyclic) bond motifs is 2. The number of sulfonamides is 2. The monoisotopic (exact) mass is 386 g/mol. The summed E-state index contributed by atoms with van der Waals surface area (Å²) < 4.78 is 53.2. The van der Waals surface area contributed by atoms with Crippen LogP contribution in [-0.4, -0.2) is 51.3 Å². The van der Waals surface area contributed by atoms with Crippen LogP contribution in [-0.2, 0) is 20.0 Å². The predicted octanol–water partition coefficient (Wildman–Crippen LogP) is 1.12. The van der Waals surface area contributed by atoms with E-state index in [-0.39, 0.29) is 28.8 Å². The smallest absolute Gasteiger partial charge is 0.240 e. The molecule has 2 heterocycles. The fourth-order valence-corrected chi connectivity index (χ4v) is 6.66. The second-order valence-corrected chi connectivity index (χ2v) is 10.4. The van der Waals surface area contributed by atoms with Crippen molar-refractivity contribution in [2.45, 2.75) is 55.6 Å². The molecular formula is C16H22N2O5S2. The molecule has 2 aliphatic rings. The summed E-state index contributed by atoms with van der Waals surface area (Å²) in [5.41, 5.74) is 0.457. The van der Waals surface area contributed by atoms with Gasteiger partial charge in [-0.25, -0.2) is 21.6 Å². The molecule has 2 bridgehead atoms. The molecular weight excluding hydrogens is 364 g/mol. The van der Waals surface area contributed by atoms with Crippen molar-refractivity contribution in [3.8, 4) is 0 Å². The van der Waals surface area contributed by atoms with Crippen molar-refractivity contribution in [1.82, 2.24) is 9.03 Å². The van der Waals surface area contributed by atoms with Crippen LogP contribution in [0.5, 0.6) is 0 Å². The predicted molar refractivity (Wildman–Crippen MR) is 93.3 cm³/mol. The fourth-order valence-electron chi connectivity index (χ4n) is 3.93. The third-order valence-corrected chi connectivity index (χ3v) is 7.84. The number of nitrogens with zero attached hydrogens (tertiary/aromatic N) is 1. The first kappa shape index (κ1) is 18.5. The van der Waals surface area contributed by atoms with Gasteiger partial charge in [-0.1, -0.05) is 12.1 Å². The largest absolute Gasteiger partial charge is 0.295 e. The van der Waals surface area contributed by atoms with E-state index in [4.69, 9.17) is 0 Å². The zero-order valence-corrected chi connectivity index (χ0v) is 15.8. The normalized spacial score (nSPS) is 27.4. The molecule has 2 fully saturated rings. The zero-order valence-electron chi connectivity index (χ0n) is 14.2. The molecule has 138 valence electrons. The summed E-state index contributed by atoms with van der Waals surface area (Å²) in [6, 6.07) is 5.26. The number of carbonyl (C=O) groups is 1. The van der Waals surface area contributed by atoms with E-state index < -0.39 is 20.0 Å². The van der Waals surface area contributed by atoms with Crippen molar-refractivity contribution in [3.05, 3.63) is 29.8 Å². The number of ketones is 1. The number of benzene rings is 1. The number of Topliss-reactive ketones (excluding diaryl/α,β-unsaturated/α-hetero) is 1. The second kappa shape index (κ2) is 6.46. The Kier molecular flexibility index (Phi) is 4.78. The van der Waals surface area contributed by atoms with Crippen LogP contribution in [0.1, 0.15) is 43.0 Å². The quantitative estimate of drug-likeness (QED) is 0.765. The molecule has 2 saturated heterocycles. The maximum atomic E-state index is 12.6. The molecule has 1 aromatic rings. The van der Waals surface area contributed by atoms with Crippen LogP contribution in [0.25, 0.3) is 0 Å². The molecule has 0 aliphatic carbocycles. The Bertz CT molecular complexity index is 864. The van der Waals surface area contributed by atoms with Crippen LogP contribution in [0.15, 0.2) is 29.2 Å². The molecule has 2 atom stereocenters. The minimum Gasteiger partial charge on any atom is -0.295 e. The minimum absolute atomic E-state index is 0.107. The lowest BCUT2D eigenvalue weighted by atomic mass is 10.0. The molecule has 1 N–H and O–H groups in total. The number of hydrogen-bond acceptors (Lipinski definition) is 5. The Morgan fingerprint density at radius 1 is 1.04 bits per heavy atom. The third-order valence-electron chi connectivity index (χ3n) is 4.94. The SMILES string of the molecule is CC(=O)c1ccc(S(=O)(=O)NC2CC3CCC(C2)N3S(C)(=O)=O)cc1. The van der Waals surface area contributed by atoms with Gasteiger partial charge >= 0.3 is 0 Å². The van der Waals surface area contributed by atoms with Crippen LogP contribution in [0.4, 0.5) is 0 Å². The summed E-state index contributed by atoms with van der Waals surface area (Å²) >= 11 is 0. The lowest BCUT2D eigenvalue weighted by molar-refractivity contribution is 0.101. The molecule has 2 aliphatic heterocycles. The van der Waals surface area contributed by atoms with Gasteiger partial charge in [0.25, 0.3) is 0 Å². The molecule has 2 unspecified atom stereocenters. The molecule has 0 amide bonds. The molecule has 1 aromatic carbocycles. The standard InChI is InChI=1S/C16H22N2O5S2/c1-11(19)12-3-7-16(8-4-12)25(22,23)17-13-9-14-5-6-15(10-13)18(14)24(2,20)21/h3-4,7-8,13-15,17H,5-6,9-10H2,1-2H3. The van der Waals surface area contributed by atoms with Crippen molar-refractivity contribution < 1.29 is 21.6 Å². The third kappa shape index (κ3) is 3.79. The maximum absolute atomic E-state index is 12.6. The topological polar surface area (TPSA) is 101 Å². The number of carbonyl (C=O) groups excluding carboxylic acids is 1. The Hall–Kier alpha value is -1.29.